The van der Waals surface area contributed by atoms with Crippen LogP contribution < -0.4 is 10.0 Å². The number of aryl methyl sites for hydroxylation is 1. The minimum absolute atomic E-state index is 0.0163. The first-order valence-electron chi connectivity index (χ1n) is 8.84. The first-order chi connectivity index (χ1) is 14.0. The molecule has 0 atom stereocenters. The summed E-state index contributed by atoms with van der Waals surface area (Å²) in [5, 5.41) is 13.5. The summed E-state index contributed by atoms with van der Waals surface area (Å²) in [4.78, 5) is 34.6. The van der Waals surface area contributed by atoms with Crippen molar-refractivity contribution < 1.29 is 27.7 Å². The number of nitrogens with one attached hydrogen (secondary N) is 2. The van der Waals surface area contributed by atoms with Gasteiger partial charge in [0.05, 0.1) is 15.4 Å². The average Bonchev–Trinajstić information content (AvgIpc) is 2.66. The highest BCUT2D eigenvalue weighted by Crippen LogP contribution is 2.27. The second-order valence-electron chi connectivity index (χ2n) is 6.65. The maximum Gasteiger partial charge on any atom is 0.338 e. The van der Waals surface area contributed by atoms with Crippen LogP contribution in [0.5, 0.6) is 0 Å². The van der Waals surface area contributed by atoms with E-state index >= 15 is 0 Å². The Kier molecular flexibility index (Phi) is 7.24. The van der Waals surface area contributed by atoms with Crippen LogP contribution in [0.15, 0.2) is 47.4 Å². The van der Waals surface area contributed by atoms with Gasteiger partial charge in [0.15, 0.2) is 6.61 Å². The molecule has 2 aromatic rings. The Bertz CT molecular complexity index is 1060. The smallest absolute Gasteiger partial charge is 0.338 e. The number of carbonyl (C=O) groups is 2. The molecule has 30 heavy (non-hydrogen) atoms. The molecular weight excluding hydrogens is 414 g/mol. The lowest BCUT2D eigenvalue weighted by Crippen LogP contribution is -2.30. The van der Waals surface area contributed by atoms with Gasteiger partial charge in [-0.15, -0.1) is 0 Å². The number of benzene rings is 2. The molecule has 0 spiro atoms. The number of para-hydroxylation sites is 1. The van der Waals surface area contributed by atoms with Crippen molar-refractivity contribution in [2.24, 2.45) is 0 Å². The van der Waals surface area contributed by atoms with Crippen LogP contribution in [0.2, 0.25) is 0 Å². The highest BCUT2D eigenvalue weighted by Gasteiger charge is 2.19. The van der Waals surface area contributed by atoms with E-state index in [9.17, 15) is 28.1 Å². The number of amides is 1. The average molecular weight is 435 g/mol. The van der Waals surface area contributed by atoms with Crippen LogP contribution in [0.3, 0.4) is 0 Å². The molecule has 2 rings (SSSR count). The number of nitro benzene ring substituents is 1. The van der Waals surface area contributed by atoms with Gasteiger partial charge in [-0.3, -0.25) is 14.9 Å². The Morgan fingerprint density at radius 1 is 1.13 bits per heavy atom. The van der Waals surface area contributed by atoms with Crippen LogP contribution in [-0.4, -0.2) is 37.9 Å². The number of hydrogen-bond acceptors (Lipinski definition) is 7. The lowest BCUT2D eigenvalue weighted by atomic mass is 10.1. The summed E-state index contributed by atoms with van der Waals surface area (Å²) in [5.74, 6) is -1.59. The fourth-order valence-corrected chi connectivity index (χ4v) is 3.76. The predicted octanol–water partition coefficient (Wildman–Crippen LogP) is 2.39. The van der Waals surface area contributed by atoms with Gasteiger partial charge >= 0.3 is 5.97 Å². The van der Waals surface area contributed by atoms with Gasteiger partial charge in [0.1, 0.15) is 5.69 Å². The molecule has 11 heteroatoms. The van der Waals surface area contributed by atoms with Gasteiger partial charge < -0.3 is 10.1 Å². The third-order valence-corrected chi connectivity index (χ3v) is 5.51. The second-order valence-corrected chi connectivity index (χ2v) is 8.36. The van der Waals surface area contributed by atoms with E-state index in [-0.39, 0.29) is 27.9 Å². The topological polar surface area (TPSA) is 145 Å². The standard InChI is InChI=1S/C19H21N3O7S/c1-12(2)21-30(27,28)15-9-7-14(8-10-15)19(24)29-11-17(23)20-18-13(3)5-4-6-16(18)22(25)26/h4-10,12,21H,11H2,1-3H3,(H,20,23). The molecule has 2 aromatic carbocycles. The van der Waals surface area contributed by atoms with Crippen LogP contribution in [-0.2, 0) is 19.6 Å². The fourth-order valence-electron chi connectivity index (χ4n) is 2.51. The number of hydrogen-bond donors (Lipinski definition) is 2. The van der Waals surface area contributed by atoms with Crippen LogP contribution in [0, 0.1) is 17.0 Å². The molecule has 1 amide bonds. The Balaban J connectivity index is 2.01. The molecule has 0 saturated heterocycles. The van der Waals surface area contributed by atoms with Gasteiger partial charge in [0.25, 0.3) is 11.6 Å². The summed E-state index contributed by atoms with van der Waals surface area (Å²) in [6, 6.07) is 9.07. The summed E-state index contributed by atoms with van der Waals surface area (Å²) in [6.45, 7) is 4.29. The van der Waals surface area contributed by atoms with Crippen LogP contribution in [0.1, 0.15) is 29.8 Å². The van der Waals surface area contributed by atoms with Gasteiger partial charge in [-0.2, -0.15) is 0 Å². The van der Waals surface area contributed by atoms with E-state index in [1.165, 1.54) is 36.4 Å². The zero-order valence-electron chi connectivity index (χ0n) is 16.5. The Labute approximate surface area is 173 Å². The maximum atomic E-state index is 12.1. The lowest BCUT2D eigenvalue weighted by molar-refractivity contribution is -0.384. The zero-order chi connectivity index (χ0) is 22.5. The van der Waals surface area contributed by atoms with E-state index in [4.69, 9.17) is 4.74 Å². The summed E-state index contributed by atoms with van der Waals surface area (Å²) in [7, 11) is -3.70. The van der Waals surface area contributed by atoms with Gasteiger partial charge in [0, 0.05) is 12.1 Å². The number of nitro groups is 1. The number of anilines is 1. The molecule has 2 N–H and O–H groups in total. The number of carbonyl (C=O) groups excluding carboxylic acids is 2. The van der Waals surface area contributed by atoms with Crippen molar-refractivity contribution in [3.05, 3.63) is 63.7 Å². The van der Waals surface area contributed by atoms with Gasteiger partial charge in [0.2, 0.25) is 10.0 Å². The molecule has 0 saturated carbocycles. The first-order valence-corrected chi connectivity index (χ1v) is 10.3. The van der Waals surface area contributed by atoms with Crippen LogP contribution in [0.4, 0.5) is 11.4 Å². The molecule has 0 bridgehead atoms. The first kappa shape index (κ1) is 23.0. The van der Waals surface area contributed by atoms with E-state index in [1.807, 2.05) is 0 Å². The number of rotatable bonds is 8. The van der Waals surface area contributed by atoms with E-state index in [0.717, 1.165) is 0 Å². The third kappa shape index (κ3) is 5.84. The van der Waals surface area contributed by atoms with Crippen molar-refractivity contribution in [3.8, 4) is 0 Å². The predicted molar refractivity (Wildman–Crippen MR) is 109 cm³/mol. The zero-order valence-corrected chi connectivity index (χ0v) is 17.4. The Hall–Kier alpha value is -3.31. The molecule has 10 nitrogen and oxygen atoms in total. The highest BCUT2D eigenvalue weighted by molar-refractivity contribution is 7.89. The maximum absolute atomic E-state index is 12.1. The minimum Gasteiger partial charge on any atom is -0.452 e. The van der Waals surface area contributed by atoms with Crippen LogP contribution >= 0.6 is 0 Å². The number of nitrogens with zero attached hydrogens (tertiary/aromatic N) is 1. The van der Waals surface area contributed by atoms with Gasteiger partial charge in [-0.25, -0.2) is 17.9 Å². The molecule has 160 valence electrons. The molecule has 0 aliphatic heterocycles. The summed E-state index contributed by atoms with van der Waals surface area (Å²) >= 11 is 0. The number of ether oxygens (including phenoxy) is 1. The quantitative estimate of drug-likeness (QED) is 0.368. The summed E-state index contributed by atoms with van der Waals surface area (Å²) in [5.41, 5.74) is 0.279. The molecule has 0 unspecified atom stereocenters. The van der Waals surface area contributed by atoms with Crippen molar-refractivity contribution >= 4 is 33.3 Å². The molecular formula is C19H21N3O7S. The van der Waals surface area contributed by atoms with Crippen molar-refractivity contribution in [2.75, 3.05) is 11.9 Å². The van der Waals surface area contributed by atoms with E-state index in [1.54, 1.807) is 26.8 Å². The highest BCUT2D eigenvalue weighted by atomic mass is 32.2. The lowest BCUT2D eigenvalue weighted by Gasteiger charge is -2.11. The van der Waals surface area contributed by atoms with Gasteiger partial charge in [-0.1, -0.05) is 12.1 Å². The number of sulfonamides is 1. The van der Waals surface area contributed by atoms with E-state index in [2.05, 4.69) is 10.0 Å². The molecule has 0 aliphatic carbocycles. The third-order valence-electron chi connectivity index (χ3n) is 3.84. The molecule has 0 fully saturated rings. The van der Waals surface area contributed by atoms with Crippen molar-refractivity contribution in [1.29, 1.82) is 0 Å². The fraction of sp³-hybridized carbons (Fsp3) is 0.263. The number of esters is 1. The largest absolute Gasteiger partial charge is 0.452 e. The molecule has 0 aromatic heterocycles. The minimum atomic E-state index is -3.70. The van der Waals surface area contributed by atoms with Crippen molar-refractivity contribution in [3.63, 3.8) is 0 Å². The normalized spacial score (nSPS) is 11.2. The second kappa shape index (κ2) is 9.46. The molecule has 0 radical (unpaired) electrons. The Morgan fingerprint density at radius 2 is 1.77 bits per heavy atom. The SMILES string of the molecule is Cc1cccc([N+](=O)[O-])c1NC(=O)COC(=O)c1ccc(S(=O)(=O)NC(C)C)cc1. The summed E-state index contributed by atoms with van der Waals surface area (Å²) in [6.07, 6.45) is 0. The van der Waals surface area contributed by atoms with E-state index < -0.39 is 33.4 Å². The molecule has 0 aliphatic rings. The van der Waals surface area contributed by atoms with Crippen molar-refractivity contribution in [1.82, 2.24) is 4.72 Å². The van der Waals surface area contributed by atoms with Gasteiger partial charge in [-0.05, 0) is 50.6 Å². The summed E-state index contributed by atoms with van der Waals surface area (Å²) < 4.78 is 31.5. The monoisotopic (exact) mass is 435 g/mol. The van der Waals surface area contributed by atoms with Crippen molar-refractivity contribution in [2.45, 2.75) is 31.7 Å². The van der Waals surface area contributed by atoms with Crippen LogP contribution in [0.25, 0.3) is 0 Å². The Morgan fingerprint density at radius 3 is 2.33 bits per heavy atom. The molecule has 0 heterocycles. The van der Waals surface area contributed by atoms with E-state index in [0.29, 0.717) is 5.56 Å².